The number of halogens is 2. The quantitative estimate of drug-likeness (QED) is 0.749. The fraction of sp³-hybridized carbons (Fsp3) is 0.300. The summed E-state index contributed by atoms with van der Waals surface area (Å²) in [6, 6.07) is 2.40. The van der Waals surface area contributed by atoms with Crippen LogP contribution < -0.4 is 10.9 Å². The Morgan fingerprint density at radius 3 is 2.83 bits per heavy atom. The number of amides is 1. The molecule has 0 bridgehead atoms. The lowest BCUT2D eigenvalue weighted by atomic mass is 9.46. The highest BCUT2D eigenvalue weighted by Gasteiger charge is 2.27. The van der Waals surface area contributed by atoms with Crippen molar-refractivity contribution in [3.63, 3.8) is 0 Å². The molecule has 5 nitrogen and oxygen atoms in total. The molecule has 0 radical (unpaired) electrons. The second-order valence-electron chi connectivity index (χ2n) is 3.49. The van der Waals surface area contributed by atoms with E-state index in [9.17, 15) is 18.7 Å². The number of carbonyl (C=O) groups is 1. The molecule has 0 saturated heterocycles. The fourth-order valence-electron chi connectivity index (χ4n) is 1.38. The van der Waals surface area contributed by atoms with Crippen LogP contribution in [0.25, 0.3) is 0 Å². The zero-order valence-electron chi connectivity index (χ0n) is 9.52. The number of aromatic hydroxyl groups is 1. The number of rotatable bonds is 4. The molecule has 2 N–H and O–H groups in total. The number of aromatic nitrogens is 1. The third-order valence-corrected chi connectivity index (χ3v) is 2.26. The van der Waals surface area contributed by atoms with E-state index in [1.165, 1.54) is 13.1 Å². The van der Waals surface area contributed by atoms with Gasteiger partial charge in [0.2, 0.25) is 6.43 Å². The van der Waals surface area contributed by atoms with Gasteiger partial charge in [-0.05, 0) is 12.1 Å². The average Bonchev–Trinajstić information content (AvgIpc) is 2.35. The van der Waals surface area contributed by atoms with E-state index < -0.39 is 25.4 Å². The molecule has 1 rings (SSSR count). The number of nitrogens with one attached hydrogen (secondary N) is 1. The number of nitriles is 1. The third-order valence-electron chi connectivity index (χ3n) is 2.26. The number of nitrogens with zero attached hydrogens (tertiary/aromatic N) is 2. The highest BCUT2D eigenvalue weighted by molar-refractivity contribution is 6.80. The zero-order valence-corrected chi connectivity index (χ0v) is 9.52. The van der Waals surface area contributed by atoms with E-state index in [0.29, 0.717) is 0 Å². The summed E-state index contributed by atoms with van der Waals surface area (Å²) in [6.45, 7) is -1.25. The molecule has 8 heteroatoms. The van der Waals surface area contributed by atoms with Crippen LogP contribution in [-0.4, -0.2) is 36.2 Å². The monoisotopic (exact) mass is 253 g/mol. The first-order valence-electron chi connectivity index (χ1n) is 5.09. The van der Waals surface area contributed by atoms with Crippen LogP contribution in [0.3, 0.4) is 0 Å². The van der Waals surface area contributed by atoms with Crippen LogP contribution in [0.5, 0.6) is 5.75 Å². The maximum absolute atomic E-state index is 12.3. The number of hydrogen-bond acceptors (Lipinski definition) is 4. The number of pyridine rings is 1. The fourth-order valence-corrected chi connectivity index (χ4v) is 1.38. The maximum atomic E-state index is 12.3. The molecule has 0 saturated carbocycles. The predicted octanol–water partition coefficient (Wildman–Crippen LogP) is 0.176. The van der Waals surface area contributed by atoms with Crippen LogP contribution in [0, 0.1) is 11.2 Å². The molecular weight excluding hydrogens is 243 g/mol. The van der Waals surface area contributed by atoms with Gasteiger partial charge in [-0.1, -0.05) is 0 Å². The minimum atomic E-state index is -2.69. The van der Waals surface area contributed by atoms with Gasteiger partial charge in [0.1, 0.15) is 11.4 Å². The Morgan fingerprint density at radius 2 is 2.33 bits per heavy atom. The summed E-state index contributed by atoms with van der Waals surface area (Å²) in [5, 5.41) is 20.6. The van der Waals surface area contributed by atoms with Crippen molar-refractivity contribution in [3.8, 4) is 11.7 Å². The standard InChI is InChI=1S/C10H10BF2N3O2/c1-15-10(18)6-2-3-7(17)9(16-6)11(5-14)4-8(12)13/h2-3,8,17H,4H2,1H3,(H,15,18). The summed E-state index contributed by atoms with van der Waals surface area (Å²) < 4.78 is 24.5. The van der Waals surface area contributed by atoms with Crippen molar-refractivity contribution in [1.82, 2.24) is 10.3 Å². The molecule has 0 atom stereocenters. The van der Waals surface area contributed by atoms with E-state index in [2.05, 4.69) is 10.3 Å². The molecule has 1 aromatic rings. The van der Waals surface area contributed by atoms with Crippen molar-refractivity contribution < 1.29 is 18.7 Å². The van der Waals surface area contributed by atoms with Gasteiger partial charge in [0.25, 0.3) is 5.91 Å². The number of alkyl halides is 2. The zero-order chi connectivity index (χ0) is 13.7. The van der Waals surface area contributed by atoms with Crippen LogP contribution in [-0.2, 0) is 0 Å². The topological polar surface area (TPSA) is 86.0 Å². The molecule has 94 valence electrons. The van der Waals surface area contributed by atoms with E-state index in [1.54, 1.807) is 5.97 Å². The lowest BCUT2D eigenvalue weighted by Gasteiger charge is -2.08. The Labute approximate surface area is 103 Å². The highest BCUT2D eigenvalue weighted by atomic mass is 19.3. The second kappa shape index (κ2) is 5.96. The van der Waals surface area contributed by atoms with Crippen LogP contribution >= 0.6 is 0 Å². The number of carbonyl (C=O) groups excluding carboxylic acids is 1. The Bertz CT molecular complexity index is 491. The average molecular weight is 253 g/mol. The van der Waals surface area contributed by atoms with Gasteiger partial charge in [-0.3, -0.25) is 9.78 Å². The Hall–Kier alpha value is -2.17. The summed E-state index contributed by atoms with van der Waals surface area (Å²) in [6.07, 6.45) is -3.44. The lowest BCUT2D eigenvalue weighted by Crippen LogP contribution is -2.35. The molecule has 0 aliphatic heterocycles. The first-order chi connectivity index (χ1) is 8.49. The van der Waals surface area contributed by atoms with Crippen LogP contribution in [0.2, 0.25) is 6.32 Å². The summed E-state index contributed by atoms with van der Waals surface area (Å²) in [4.78, 5) is 15.1. The van der Waals surface area contributed by atoms with Gasteiger partial charge in [0.15, 0.2) is 0 Å². The minimum absolute atomic E-state index is 0.0418. The molecular formula is C10H10BF2N3O2. The van der Waals surface area contributed by atoms with Crippen molar-refractivity contribution >= 4 is 18.2 Å². The molecule has 1 heterocycles. The third kappa shape index (κ3) is 3.16. The lowest BCUT2D eigenvalue weighted by molar-refractivity contribution is 0.0958. The maximum Gasteiger partial charge on any atom is 0.332 e. The molecule has 0 fully saturated rings. The Kier molecular flexibility index (Phi) is 4.60. The van der Waals surface area contributed by atoms with Crippen molar-refractivity contribution in [1.29, 1.82) is 5.26 Å². The summed E-state index contributed by atoms with van der Waals surface area (Å²) in [5.74, 6) is 0.738. The Balaban J connectivity index is 3.13. The van der Waals surface area contributed by atoms with Gasteiger partial charge in [-0.25, -0.2) is 14.0 Å². The molecule has 18 heavy (non-hydrogen) atoms. The molecule has 1 amide bonds. The van der Waals surface area contributed by atoms with E-state index in [1.807, 2.05) is 0 Å². The van der Waals surface area contributed by atoms with Crippen molar-refractivity contribution in [3.05, 3.63) is 17.8 Å². The van der Waals surface area contributed by atoms with Gasteiger partial charge in [-0.2, -0.15) is 0 Å². The highest BCUT2D eigenvalue weighted by Crippen LogP contribution is 2.11. The minimum Gasteiger partial charge on any atom is -0.507 e. The molecule has 1 aromatic heterocycles. The number of hydrogen-bond donors (Lipinski definition) is 2. The normalized spacial score (nSPS) is 9.94. The van der Waals surface area contributed by atoms with Crippen LogP contribution in [0.4, 0.5) is 8.78 Å². The largest absolute Gasteiger partial charge is 0.507 e. The second-order valence-corrected chi connectivity index (χ2v) is 3.49. The van der Waals surface area contributed by atoms with Gasteiger partial charge in [-0.15, -0.1) is 0 Å². The molecule has 0 aliphatic rings. The van der Waals surface area contributed by atoms with Gasteiger partial charge in [0.05, 0.1) is 5.59 Å². The van der Waals surface area contributed by atoms with Crippen molar-refractivity contribution in [2.75, 3.05) is 7.05 Å². The first kappa shape index (κ1) is 13.9. The van der Waals surface area contributed by atoms with Crippen LogP contribution in [0.1, 0.15) is 10.5 Å². The van der Waals surface area contributed by atoms with E-state index in [0.717, 1.165) is 6.07 Å². The smallest absolute Gasteiger partial charge is 0.332 e. The summed E-state index contributed by atoms with van der Waals surface area (Å²) in [7, 11) is 1.39. The van der Waals surface area contributed by atoms with Gasteiger partial charge >= 0.3 is 6.71 Å². The molecule has 0 aliphatic carbocycles. The Morgan fingerprint density at radius 1 is 1.67 bits per heavy atom. The van der Waals surface area contributed by atoms with Crippen LogP contribution in [0.15, 0.2) is 12.1 Å². The molecule has 0 spiro atoms. The van der Waals surface area contributed by atoms with Gasteiger partial charge in [0, 0.05) is 19.3 Å². The summed E-state index contributed by atoms with van der Waals surface area (Å²) in [5.41, 5.74) is -0.251. The van der Waals surface area contributed by atoms with E-state index >= 15 is 0 Å². The predicted molar refractivity (Wildman–Crippen MR) is 61.1 cm³/mol. The SMILES string of the molecule is CNC(=O)c1ccc(O)c(B(C#N)CC(F)F)n1. The van der Waals surface area contributed by atoms with Crippen molar-refractivity contribution in [2.24, 2.45) is 0 Å². The van der Waals surface area contributed by atoms with Crippen molar-refractivity contribution in [2.45, 2.75) is 12.7 Å². The van der Waals surface area contributed by atoms with E-state index in [4.69, 9.17) is 5.26 Å². The van der Waals surface area contributed by atoms with Gasteiger partial charge < -0.3 is 10.4 Å². The molecule has 0 aromatic carbocycles. The van der Waals surface area contributed by atoms with E-state index in [-0.39, 0.29) is 17.0 Å². The summed E-state index contributed by atoms with van der Waals surface area (Å²) >= 11 is 0. The first-order valence-corrected chi connectivity index (χ1v) is 5.09. The molecule has 0 unspecified atom stereocenters.